The van der Waals surface area contributed by atoms with Crippen molar-refractivity contribution >= 4 is 55.5 Å². The van der Waals surface area contributed by atoms with Crippen molar-refractivity contribution in [1.82, 2.24) is 20.1 Å². The number of carboxylic acids is 1. The van der Waals surface area contributed by atoms with Crippen molar-refractivity contribution < 1.29 is 59.4 Å². The van der Waals surface area contributed by atoms with Crippen LogP contribution in [0.5, 0.6) is 0 Å². The highest BCUT2D eigenvalue weighted by Crippen LogP contribution is 2.22. The number of sulfonamides is 2. The third-order valence-electron chi connectivity index (χ3n) is 8.23. The lowest BCUT2D eigenvalue weighted by molar-refractivity contribution is -0.139. The van der Waals surface area contributed by atoms with Crippen LogP contribution in [-0.2, 0) is 52.0 Å². The minimum atomic E-state index is -3.95. The van der Waals surface area contributed by atoms with Gasteiger partial charge in [0.25, 0.3) is 0 Å². The molecule has 0 heterocycles. The molecule has 17 nitrogen and oxygen atoms in total. The Morgan fingerprint density at radius 2 is 0.957 bits per heavy atom. The molecule has 69 heavy (non-hydrogen) atoms. The Morgan fingerprint density at radius 1 is 0.580 bits per heavy atom. The molecule has 2 atom stereocenters. The minimum absolute atomic E-state index is 0.0743. The Kier molecular flexibility index (Phi) is 20.9. The summed E-state index contributed by atoms with van der Waals surface area (Å²) in [4.78, 5) is 47.6. The number of nitrogens with one attached hydrogen (secondary N) is 5. The first-order chi connectivity index (χ1) is 31.4. The van der Waals surface area contributed by atoms with Crippen molar-refractivity contribution in [3.05, 3.63) is 120 Å². The molecule has 0 fully saturated rings. The van der Waals surface area contributed by atoms with E-state index >= 15 is 0 Å². The van der Waals surface area contributed by atoms with Gasteiger partial charge in [0.05, 0.1) is 21.2 Å². The zero-order chi connectivity index (χ0) is 52.8. The van der Waals surface area contributed by atoms with Crippen LogP contribution in [0, 0.1) is 11.6 Å². The number of hydrogen-bond acceptors (Lipinski definition) is 11. The van der Waals surface area contributed by atoms with E-state index in [0.29, 0.717) is 0 Å². The van der Waals surface area contributed by atoms with Gasteiger partial charge in [-0.15, -0.1) is 0 Å². The minimum Gasteiger partial charge on any atom is -0.480 e. The van der Waals surface area contributed by atoms with Gasteiger partial charge in [-0.05, 0) is 131 Å². The van der Waals surface area contributed by atoms with Gasteiger partial charge in [-0.2, -0.15) is 0 Å². The van der Waals surface area contributed by atoms with Crippen LogP contribution in [0.4, 0.5) is 29.7 Å². The fourth-order valence-corrected chi connectivity index (χ4v) is 8.45. The van der Waals surface area contributed by atoms with E-state index in [4.69, 9.17) is 20.3 Å². The first-order valence-corrected chi connectivity index (χ1v) is 24.4. The number of carbonyl (C=O) groups excluding carboxylic acids is 3. The number of halogens is 2. The van der Waals surface area contributed by atoms with Crippen LogP contribution in [0.2, 0.25) is 0 Å². The Balaban J connectivity index is 0.000000392. The van der Waals surface area contributed by atoms with Gasteiger partial charge in [0, 0.05) is 23.9 Å². The summed E-state index contributed by atoms with van der Waals surface area (Å²) in [7, 11) is -7.66. The van der Waals surface area contributed by atoms with Crippen molar-refractivity contribution in [2.45, 2.75) is 140 Å². The van der Waals surface area contributed by atoms with Crippen LogP contribution >= 0.6 is 0 Å². The molecule has 21 heteroatoms. The van der Waals surface area contributed by atoms with Gasteiger partial charge in [0.1, 0.15) is 34.9 Å². The van der Waals surface area contributed by atoms with Crippen molar-refractivity contribution in [3.63, 3.8) is 0 Å². The molecule has 0 spiro atoms. The molecule has 380 valence electrons. The molecule has 8 N–H and O–H groups in total. The smallest absolute Gasteiger partial charge is 0.408 e. The van der Waals surface area contributed by atoms with Gasteiger partial charge in [-0.3, -0.25) is 4.79 Å². The topological polar surface area (TPSA) is 261 Å². The Morgan fingerprint density at radius 3 is 1.32 bits per heavy atom. The maximum Gasteiger partial charge on any atom is 0.408 e. The maximum absolute atomic E-state index is 14.7. The lowest BCUT2D eigenvalue weighted by Crippen LogP contribution is -2.47. The first kappa shape index (κ1) is 59.0. The summed E-state index contributed by atoms with van der Waals surface area (Å²) in [5.74, 6) is -3.44. The number of carboxylic acid groups (broad SMARTS) is 1. The second kappa shape index (κ2) is 24.4. The molecule has 0 aliphatic heterocycles. The Labute approximate surface area is 404 Å². The Hall–Kier alpha value is -6.16. The summed E-state index contributed by atoms with van der Waals surface area (Å²) in [6.45, 7) is 20.4. The van der Waals surface area contributed by atoms with Crippen molar-refractivity contribution in [2.75, 3.05) is 11.1 Å². The number of ether oxygens (including phenoxy) is 2. The zero-order valence-corrected chi connectivity index (χ0v) is 42.6. The number of amides is 3. The van der Waals surface area contributed by atoms with Gasteiger partial charge in [0.15, 0.2) is 0 Å². The number of nitrogen functional groups attached to an aromatic ring is 1. The summed E-state index contributed by atoms with van der Waals surface area (Å²) < 4.78 is 91.5. The molecular formula is C48H66F2N6O11S2. The van der Waals surface area contributed by atoms with E-state index in [1.807, 2.05) is 36.4 Å². The van der Waals surface area contributed by atoms with E-state index < -0.39 is 90.1 Å². The highest BCUT2D eigenvalue weighted by atomic mass is 32.2. The molecule has 4 aromatic rings. The summed E-state index contributed by atoms with van der Waals surface area (Å²) in [5.41, 5.74) is 3.80. The molecule has 4 aromatic carbocycles. The first-order valence-electron chi connectivity index (χ1n) is 21.5. The standard InChI is InChI=1S/C24H32FN3O5S.C14H19NO4.C10H15FN2O2S/c1-23(2,3)28-34(31,32)17-12-13-19(18(25)15-17)26-21(29)20(14-16-10-8-7-9-11-16)27-22(30)33-24(4,5)6;1-14(2,3)19-13(18)15-11(12(16)17)9-10-7-5-4-6-8-10;1-10(2,3)13-16(14,15)7-4-5-9(12)8(11)6-7/h7-13,15,20,28H,14H2,1-6H3,(H,26,29)(H,27,30);4-8,11H,9H2,1-3H3,(H,15,18)(H,16,17);4-6,13H,12H2,1-3H3/t20-;11-;/m00./s1. The average molecular weight is 1010 g/mol. The molecule has 0 saturated carbocycles. The molecule has 0 aromatic heterocycles. The maximum atomic E-state index is 14.7. The molecule has 0 saturated heterocycles. The van der Waals surface area contributed by atoms with E-state index in [0.717, 1.165) is 29.3 Å². The molecular weight excluding hydrogens is 939 g/mol. The van der Waals surface area contributed by atoms with Crippen LogP contribution < -0.4 is 31.1 Å². The summed E-state index contributed by atoms with van der Waals surface area (Å²) in [5, 5.41) is 16.4. The zero-order valence-electron chi connectivity index (χ0n) is 41.0. The molecule has 0 radical (unpaired) electrons. The highest BCUT2D eigenvalue weighted by Gasteiger charge is 2.28. The van der Waals surface area contributed by atoms with Gasteiger partial charge in [-0.1, -0.05) is 60.7 Å². The fourth-order valence-electron chi connectivity index (χ4n) is 5.59. The predicted molar refractivity (Wildman–Crippen MR) is 260 cm³/mol. The third kappa shape index (κ3) is 23.1. The molecule has 0 aliphatic carbocycles. The van der Waals surface area contributed by atoms with E-state index in [1.165, 1.54) is 18.2 Å². The fraction of sp³-hybridized carbons (Fsp3) is 0.417. The van der Waals surface area contributed by atoms with Gasteiger partial charge in [0.2, 0.25) is 26.0 Å². The predicted octanol–water partition coefficient (Wildman–Crippen LogP) is 7.67. The van der Waals surface area contributed by atoms with Crippen LogP contribution in [0.3, 0.4) is 0 Å². The quantitative estimate of drug-likeness (QED) is 0.0637. The SMILES string of the molecule is CC(C)(C)NS(=O)(=O)c1ccc(N)c(F)c1.CC(C)(C)NS(=O)(=O)c1ccc(NC(=O)[C@H](Cc2ccccc2)NC(=O)OC(C)(C)C)c(F)c1.CC(C)(C)OC(=O)N[C@@H](Cc1ccccc1)C(=O)O. The lowest BCUT2D eigenvalue weighted by Gasteiger charge is -2.23. The van der Waals surface area contributed by atoms with Gasteiger partial charge in [-0.25, -0.2) is 49.4 Å². The number of hydrogen-bond donors (Lipinski definition) is 7. The van der Waals surface area contributed by atoms with Crippen molar-refractivity contribution in [3.8, 4) is 0 Å². The van der Waals surface area contributed by atoms with Crippen molar-refractivity contribution in [2.24, 2.45) is 0 Å². The van der Waals surface area contributed by atoms with Gasteiger partial charge < -0.3 is 36.3 Å². The molecule has 0 unspecified atom stereocenters. The Bertz CT molecular complexity index is 2590. The second-order valence-corrected chi connectivity index (χ2v) is 23.0. The van der Waals surface area contributed by atoms with E-state index in [2.05, 4.69) is 25.4 Å². The number of carbonyl (C=O) groups is 4. The monoisotopic (exact) mass is 1000 g/mol. The number of alkyl carbamates (subject to hydrolysis) is 2. The number of anilines is 2. The van der Waals surface area contributed by atoms with Crippen LogP contribution in [0.25, 0.3) is 0 Å². The summed E-state index contributed by atoms with van der Waals surface area (Å²) >= 11 is 0. The van der Waals surface area contributed by atoms with Crippen LogP contribution in [0.15, 0.2) is 107 Å². The van der Waals surface area contributed by atoms with Crippen LogP contribution in [-0.4, -0.2) is 80.4 Å². The molecule has 0 aliphatic rings. The molecule has 0 bridgehead atoms. The van der Waals surface area contributed by atoms with E-state index in [9.17, 15) is 44.8 Å². The highest BCUT2D eigenvalue weighted by molar-refractivity contribution is 7.89. The average Bonchev–Trinajstić information content (AvgIpc) is 3.17. The van der Waals surface area contributed by atoms with E-state index in [-0.39, 0.29) is 34.0 Å². The number of benzene rings is 4. The van der Waals surface area contributed by atoms with Crippen LogP contribution in [0.1, 0.15) is 94.2 Å². The molecule has 4 rings (SSSR count). The number of nitrogens with two attached hydrogens (primary N) is 1. The normalized spacial score (nSPS) is 12.9. The summed E-state index contributed by atoms with van der Waals surface area (Å²) in [6.07, 6.45) is -1.17. The number of rotatable bonds is 13. The van der Waals surface area contributed by atoms with Crippen molar-refractivity contribution in [1.29, 1.82) is 0 Å². The third-order valence-corrected chi connectivity index (χ3v) is 11.7. The largest absolute Gasteiger partial charge is 0.480 e. The second-order valence-electron chi connectivity index (χ2n) is 19.6. The molecule has 3 amide bonds. The number of aliphatic carboxylic acids is 1. The summed E-state index contributed by atoms with van der Waals surface area (Å²) in [6, 6.07) is 22.6. The van der Waals surface area contributed by atoms with E-state index in [1.54, 1.807) is 107 Å². The van der Waals surface area contributed by atoms with Gasteiger partial charge >= 0.3 is 18.2 Å². The lowest BCUT2D eigenvalue weighted by atomic mass is 10.1.